The van der Waals surface area contributed by atoms with Crippen LogP contribution in [0.25, 0.3) is 5.76 Å². The molecule has 0 spiro atoms. The summed E-state index contributed by atoms with van der Waals surface area (Å²) in [6.45, 7) is 15.7. The van der Waals surface area contributed by atoms with Crippen LogP contribution in [-0.4, -0.2) is 59.4 Å². The molecule has 2 aromatic carbocycles. The van der Waals surface area contributed by atoms with Gasteiger partial charge >= 0.3 is 0 Å². The molecule has 2 aromatic rings. The van der Waals surface area contributed by atoms with Gasteiger partial charge in [-0.25, -0.2) is 0 Å². The average molecular weight is 493 g/mol. The number of rotatable bonds is 11. The van der Waals surface area contributed by atoms with E-state index in [-0.39, 0.29) is 11.3 Å². The second-order valence-electron chi connectivity index (χ2n) is 9.80. The fourth-order valence-electron chi connectivity index (χ4n) is 4.58. The van der Waals surface area contributed by atoms with Crippen molar-refractivity contribution in [3.8, 4) is 5.75 Å². The molecular formula is C30H40N2O4. The molecule has 0 bridgehead atoms. The second-order valence-corrected chi connectivity index (χ2v) is 9.80. The minimum absolute atomic E-state index is 0.141. The van der Waals surface area contributed by atoms with E-state index >= 15 is 0 Å². The van der Waals surface area contributed by atoms with Gasteiger partial charge in [-0.2, -0.15) is 0 Å². The third kappa shape index (κ3) is 5.98. The molecule has 1 aliphatic rings. The van der Waals surface area contributed by atoms with E-state index in [4.69, 9.17) is 4.74 Å². The van der Waals surface area contributed by atoms with Crippen LogP contribution in [0.5, 0.6) is 5.75 Å². The molecule has 194 valence electrons. The lowest BCUT2D eigenvalue weighted by atomic mass is 9.93. The van der Waals surface area contributed by atoms with Crippen LogP contribution in [0.4, 0.5) is 0 Å². The lowest BCUT2D eigenvalue weighted by molar-refractivity contribution is -0.140. The maximum absolute atomic E-state index is 13.3. The van der Waals surface area contributed by atoms with Gasteiger partial charge < -0.3 is 19.6 Å². The van der Waals surface area contributed by atoms with Gasteiger partial charge in [0, 0.05) is 18.7 Å². The van der Waals surface area contributed by atoms with Gasteiger partial charge in [0.05, 0.1) is 18.2 Å². The Balaban J connectivity index is 2.06. The first kappa shape index (κ1) is 27.5. The minimum Gasteiger partial charge on any atom is -0.507 e. The average Bonchev–Trinajstić information content (AvgIpc) is 3.12. The van der Waals surface area contributed by atoms with Crippen LogP contribution in [-0.2, 0) is 16.0 Å². The van der Waals surface area contributed by atoms with Crippen molar-refractivity contribution in [3.63, 3.8) is 0 Å². The third-order valence-corrected chi connectivity index (χ3v) is 6.83. The number of aliphatic hydroxyl groups is 1. The summed E-state index contributed by atoms with van der Waals surface area (Å²) in [7, 11) is 0. The Labute approximate surface area is 215 Å². The molecule has 1 aliphatic heterocycles. The lowest BCUT2D eigenvalue weighted by Crippen LogP contribution is -2.38. The third-order valence-electron chi connectivity index (χ3n) is 6.83. The summed E-state index contributed by atoms with van der Waals surface area (Å²) in [5.41, 5.74) is 3.45. The standard InChI is InChI=1S/C30H40N2O4/c1-7-22-10-12-23(13-11-22)27-26(29(34)30(35)32(27)17-16-31(8-2)9-3)28(33)25-15-14-24(18-21(25)6)36-19-20(4)5/h10-15,18,20,27,33H,7-9,16-17,19H2,1-6H3/b28-26+. The van der Waals surface area contributed by atoms with Crippen LogP contribution >= 0.6 is 0 Å². The molecule has 3 rings (SSSR count). The van der Waals surface area contributed by atoms with Crippen molar-refractivity contribution < 1.29 is 19.4 Å². The number of aliphatic hydroxyl groups excluding tert-OH is 1. The molecule has 36 heavy (non-hydrogen) atoms. The number of amides is 1. The Morgan fingerprint density at radius 2 is 1.72 bits per heavy atom. The highest BCUT2D eigenvalue weighted by atomic mass is 16.5. The van der Waals surface area contributed by atoms with Crippen LogP contribution in [0.15, 0.2) is 48.0 Å². The van der Waals surface area contributed by atoms with Gasteiger partial charge in [-0.15, -0.1) is 0 Å². The minimum atomic E-state index is -0.642. The SMILES string of the molecule is CCc1ccc(C2/C(=C(\O)c3ccc(OCC(C)C)cc3C)C(=O)C(=O)N2CCN(CC)CC)cc1. The maximum Gasteiger partial charge on any atom is 0.295 e. The molecule has 1 fully saturated rings. The number of likely N-dealkylation sites (N-methyl/N-ethyl adjacent to an activating group) is 1. The number of carbonyl (C=O) groups is 2. The monoisotopic (exact) mass is 492 g/mol. The van der Waals surface area contributed by atoms with E-state index in [0.717, 1.165) is 30.6 Å². The van der Waals surface area contributed by atoms with Crippen LogP contribution in [0, 0.1) is 12.8 Å². The summed E-state index contributed by atoms with van der Waals surface area (Å²) >= 11 is 0. The largest absolute Gasteiger partial charge is 0.507 e. The van der Waals surface area contributed by atoms with E-state index < -0.39 is 17.7 Å². The zero-order valence-electron chi connectivity index (χ0n) is 22.5. The molecule has 0 radical (unpaired) electrons. The van der Waals surface area contributed by atoms with Crippen LogP contribution < -0.4 is 4.74 Å². The summed E-state index contributed by atoms with van der Waals surface area (Å²) in [5, 5.41) is 11.4. The van der Waals surface area contributed by atoms with Gasteiger partial charge in [-0.3, -0.25) is 9.59 Å². The first-order valence-corrected chi connectivity index (χ1v) is 13.0. The number of aryl methyl sites for hydroxylation is 2. The number of ether oxygens (including phenoxy) is 1. The van der Waals surface area contributed by atoms with Crippen LogP contribution in [0.3, 0.4) is 0 Å². The number of hydrogen-bond acceptors (Lipinski definition) is 5. The molecule has 6 heteroatoms. The Hall–Kier alpha value is -3.12. The molecule has 6 nitrogen and oxygen atoms in total. The smallest absolute Gasteiger partial charge is 0.295 e. The van der Waals surface area contributed by atoms with Crippen LogP contribution in [0.1, 0.15) is 62.9 Å². The molecule has 0 aromatic heterocycles. The summed E-state index contributed by atoms with van der Waals surface area (Å²) < 4.78 is 5.82. The van der Waals surface area contributed by atoms with Gasteiger partial charge in [0.2, 0.25) is 0 Å². The molecule has 0 aliphatic carbocycles. The molecule has 1 heterocycles. The van der Waals surface area contributed by atoms with Crippen molar-refractivity contribution in [2.75, 3.05) is 32.8 Å². The quantitative estimate of drug-likeness (QED) is 0.260. The topological polar surface area (TPSA) is 70.1 Å². The predicted octanol–water partition coefficient (Wildman–Crippen LogP) is 5.36. The fourth-order valence-corrected chi connectivity index (χ4v) is 4.58. The second kappa shape index (κ2) is 12.2. The number of carbonyl (C=O) groups excluding carboxylic acids is 2. The van der Waals surface area contributed by atoms with E-state index in [1.54, 1.807) is 17.0 Å². The number of hydrogen-bond donors (Lipinski definition) is 1. The molecule has 1 amide bonds. The first-order chi connectivity index (χ1) is 17.2. The predicted molar refractivity (Wildman–Crippen MR) is 144 cm³/mol. The highest BCUT2D eigenvalue weighted by Crippen LogP contribution is 2.40. The van der Waals surface area contributed by atoms with E-state index in [1.165, 1.54) is 5.56 Å². The molecule has 1 saturated heterocycles. The van der Waals surface area contributed by atoms with Gasteiger partial charge in [0.15, 0.2) is 0 Å². The van der Waals surface area contributed by atoms with E-state index in [0.29, 0.717) is 36.9 Å². The molecular weight excluding hydrogens is 452 g/mol. The first-order valence-electron chi connectivity index (χ1n) is 13.0. The highest BCUT2D eigenvalue weighted by molar-refractivity contribution is 6.46. The van der Waals surface area contributed by atoms with Gasteiger partial charge in [0.1, 0.15) is 11.5 Å². The van der Waals surface area contributed by atoms with Gasteiger partial charge in [0.25, 0.3) is 11.7 Å². The normalized spacial score (nSPS) is 17.4. The van der Waals surface area contributed by atoms with Gasteiger partial charge in [-0.1, -0.05) is 58.9 Å². The highest BCUT2D eigenvalue weighted by Gasteiger charge is 2.46. The number of nitrogens with zero attached hydrogens (tertiary/aromatic N) is 2. The zero-order valence-corrected chi connectivity index (χ0v) is 22.5. The van der Waals surface area contributed by atoms with Crippen molar-refractivity contribution in [2.24, 2.45) is 5.92 Å². The van der Waals surface area contributed by atoms with Gasteiger partial charge in [-0.05, 0) is 67.2 Å². The maximum atomic E-state index is 13.3. The van der Waals surface area contributed by atoms with Crippen molar-refractivity contribution in [3.05, 3.63) is 70.3 Å². The number of ketones is 1. The summed E-state index contributed by atoms with van der Waals surface area (Å²) in [6, 6.07) is 12.7. The summed E-state index contributed by atoms with van der Waals surface area (Å²) in [4.78, 5) is 30.4. The Bertz CT molecular complexity index is 1100. The molecule has 0 saturated carbocycles. The van der Waals surface area contributed by atoms with Crippen LogP contribution in [0.2, 0.25) is 0 Å². The van der Waals surface area contributed by atoms with Crippen molar-refractivity contribution in [1.82, 2.24) is 9.80 Å². The number of likely N-dealkylation sites (tertiary alicyclic amines) is 1. The molecule has 1 unspecified atom stereocenters. The Kier molecular flexibility index (Phi) is 9.32. The zero-order chi connectivity index (χ0) is 26.4. The Morgan fingerprint density at radius 1 is 1.06 bits per heavy atom. The van der Waals surface area contributed by atoms with Crippen molar-refractivity contribution in [2.45, 2.75) is 54.0 Å². The van der Waals surface area contributed by atoms with Crippen molar-refractivity contribution >= 4 is 17.4 Å². The summed E-state index contributed by atoms with van der Waals surface area (Å²) in [5.74, 6) is -0.246. The fraction of sp³-hybridized carbons (Fsp3) is 0.467. The number of benzene rings is 2. The number of Topliss-reactive ketones (excluding diaryl/α,β-unsaturated/α-hetero) is 1. The van der Waals surface area contributed by atoms with E-state index in [2.05, 4.69) is 39.5 Å². The van der Waals surface area contributed by atoms with E-state index in [1.807, 2.05) is 37.3 Å². The summed E-state index contributed by atoms with van der Waals surface area (Å²) in [6.07, 6.45) is 0.896. The van der Waals surface area contributed by atoms with E-state index in [9.17, 15) is 14.7 Å². The molecule has 1 atom stereocenters. The lowest BCUT2D eigenvalue weighted by Gasteiger charge is -2.28. The molecule has 1 N–H and O–H groups in total. The Morgan fingerprint density at radius 3 is 2.28 bits per heavy atom. The van der Waals surface area contributed by atoms with Crippen molar-refractivity contribution in [1.29, 1.82) is 0 Å².